The molecule has 8 heteroatoms. The van der Waals surface area contributed by atoms with Crippen molar-refractivity contribution in [1.29, 1.82) is 0 Å². The first kappa shape index (κ1) is 14.4. The highest BCUT2D eigenvalue weighted by molar-refractivity contribution is 7.91. The molecule has 108 valence electrons. The first-order valence-corrected chi connectivity index (χ1v) is 8.30. The summed E-state index contributed by atoms with van der Waals surface area (Å²) in [6.07, 6.45) is 1.92. The number of nitrogens with zero attached hydrogens (tertiary/aromatic N) is 4. The Morgan fingerprint density at radius 3 is 2.95 bits per heavy atom. The van der Waals surface area contributed by atoms with Crippen molar-refractivity contribution in [2.75, 3.05) is 31.6 Å². The fourth-order valence-electron chi connectivity index (χ4n) is 2.31. The van der Waals surface area contributed by atoms with E-state index in [0.29, 0.717) is 13.1 Å². The van der Waals surface area contributed by atoms with Crippen LogP contribution in [0.15, 0.2) is 6.20 Å². The van der Waals surface area contributed by atoms with E-state index >= 15 is 0 Å². The Hall–Kier alpha value is -0.990. The van der Waals surface area contributed by atoms with E-state index in [-0.39, 0.29) is 17.5 Å². The Bertz CT molecular complexity index is 513. The smallest absolute Gasteiger partial charge is 0.153 e. The van der Waals surface area contributed by atoms with Crippen LogP contribution in [0.4, 0.5) is 0 Å². The fourth-order valence-corrected chi connectivity index (χ4v) is 3.93. The van der Waals surface area contributed by atoms with Gasteiger partial charge in [-0.15, -0.1) is 5.10 Å². The Morgan fingerprint density at radius 2 is 2.26 bits per heavy atom. The molecule has 0 radical (unpaired) electrons. The van der Waals surface area contributed by atoms with E-state index in [1.807, 2.05) is 24.9 Å². The average molecular weight is 287 g/mol. The molecule has 1 aliphatic rings. The van der Waals surface area contributed by atoms with Crippen LogP contribution in [0.1, 0.15) is 12.6 Å². The third-order valence-electron chi connectivity index (χ3n) is 3.37. The van der Waals surface area contributed by atoms with Gasteiger partial charge in [-0.25, -0.2) is 8.42 Å². The quantitative estimate of drug-likeness (QED) is 0.757. The molecule has 1 unspecified atom stereocenters. The van der Waals surface area contributed by atoms with Crippen LogP contribution in [-0.4, -0.2) is 66.0 Å². The van der Waals surface area contributed by atoms with Crippen LogP contribution in [0.3, 0.4) is 0 Å². The van der Waals surface area contributed by atoms with Crippen LogP contribution < -0.4 is 5.32 Å². The number of sulfone groups is 1. The molecule has 0 amide bonds. The van der Waals surface area contributed by atoms with Gasteiger partial charge >= 0.3 is 0 Å². The van der Waals surface area contributed by atoms with Crippen LogP contribution in [0, 0.1) is 0 Å². The van der Waals surface area contributed by atoms with E-state index < -0.39 is 9.84 Å². The summed E-state index contributed by atoms with van der Waals surface area (Å²) in [7, 11) is -0.966. The number of rotatable bonds is 5. The molecule has 0 saturated carbocycles. The lowest BCUT2D eigenvalue weighted by Gasteiger charge is -2.32. The molecule has 1 fully saturated rings. The van der Waals surface area contributed by atoms with Crippen molar-refractivity contribution in [1.82, 2.24) is 25.2 Å². The maximum Gasteiger partial charge on any atom is 0.153 e. The van der Waals surface area contributed by atoms with E-state index in [1.165, 1.54) is 0 Å². The summed E-state index contributed by atoms with van der Waals surface area (Å²) < 4.78 is 24.8. The van der Waals surface area contributed by atoms with Gasteiger partial charge in [-0.3, -0.25) is 9.58 Å². The third-order valence-corrected chi connectivity index (χ3v) is 5.16. The standard InChI is InChI=1S/C11H21N5O2S/c1-10-9-19(17,18)6-5-15(10)3-4-16-8-11(7-12-2)13-14-16/h8,10,12H,3-7,9H2,1-2H3. The van der Waals surface area contributed by atoms with Gasteiger partial charge in [0.1, 0.15) is 0 Å². The lowest BCUT2D eigenvalue weighted by atomic mass is 10.3. The second kappa shape index (κ2) is 5.98. The Kier molecular flexibility index (Phi) is 4.54. The highest BCUT2D eigenvalue weighted by Crippen LogP contribution is 2.11. The Morgan fingerprint density at radius 1 is 1.47 bits per heavy atom. The molecule has 2 rings (SSSR count). The monoisotopic (exact) mass is 287 g/mol. The molecule has 1 N–H and O–H groups in total. The second-order valence-electron chi connectivity index (χ2n) is 5.00. The summed E-state index contributed by atoms with van der Waals surface area (Å²) in [5, 5.41) is 11.1. The van der Waals surface area contributed by atoms with Crippen molar-refractivity contribution in [2.45, 2.75) is 26.1 Å². The summed E-state index contributed by atoms with van der Waals surface area (Å²) in [6.45, 7) is 4.82. The van der Waals surface area contributed by atoms with Crippen LogP contribution >= 0.6 is 0 Å². The number of nitrogens with one attached hydrogen (secondary N) is 1. The predicted molar refractivity (Wildman–Crippen MR) is 72.5 cm³/mol. The summed E-state index contributed by atoms with van der Waals surface area (Å²) in [4.78, 5) is 2.19. The summed E-state index contributed by atoms with van der Waals surface area (Å²) in [6, 6.07) is 0.0825. The lowest BCUT2D eigenvalue weighted by molar-refractivity contribution is 0.214. The van der Waals surface area contributed by atoms with Crippen LogP contribution in [-0.2, 0) is 22.9 Å². The first-order valence-electron chi connectivity index (χ1n) is 6.48. The molecule has 2 heterocycles. The minimum Gasteiger partial charge on any atom is -0.314 e. The normalized spacial score (nSPS) is 23.6. The molecule has 0 spiro atoms. The molecule has 7 nitrogen and oxygen atoms in total. The highest BCUT2D eigenvalue weighted by Gasteiger charge is 2.27. The molecule has 19 heavy (non-hydrogen) atoms. The van der Waals surface area contributed by atoms with Crippen molar-refractivity contribution in [2.24, 2.45) is 0 Å². The van der Waals surface area contributed by atoms with Gasteiger partial charge in [0.25, 0.3) is 0 Å². The lowest BCUT2D eigenvalue weighted by Crippen LogP contribution is -2.47. The van der Waals surface area contributed by atoms with E-state index in [9.17, 15) is 8.42 Å². The fraction of sp³-hybridized carbons (Fsp3) is 0.818. The van der Waals surface area contributed by atoms with E-state index in [1.54, 1.807) is 0 Å². The van der Waals surface area contributed by atoms with Gasteiger partial charge in [-0.05, 0) is 14.0 Å². The van der Waals surface area contributed by atoms with Crippen molar-refractivity contribution in [3.05, 3.63) is 11.9 Å². The predicted octanol–water partition coefficient (Wildman–Crippen LogP) is -0.884. The molecule has 1 aromatic rings. The molecular formula is C11H21N5O2S. The van der Waals surface area contributed by atoms with Gasteiger partial charge in [0, 0.05) is 31.9 Å². The molecule has 1 saturated heterocycles. The molecular weight excluding hydrogens is 266 g/mol. The molecule has 1 aliphatic heterocycles. The maximum absolute atomic E-state index is 11.5. The number of aromatic nitrogens is 3. The van der Waals surface area contributed by atoms with Crippen molar-refractivity contribution in [3.63, 3.8) is 0 Å². The first-order chi connectivity index (χ1) is 9.00. The highest BCUT2D eigenvalue weighted by atomic mass is 32.2. The zero-order valence-electron chi connectivity index (χ0n) is 11.4. The summed E-state index contributed by atoms with van der Waals surface area (Å²) >= 11 is 0. The second-order valence-corrected chi connectivity index (χ2v) is 7.23. The average Bonchev–Trinajstić information content (AvgIpc) is 2.75. The minimum atomic E-state index is -2.84. The summed E-state index contributed by atoms with van der Waals surface area (Å²) in [5.41, 5.74) is 0.914. The molecule has 0 aromatic carbocycles. The number of hydrogen-bond donors (Lipinski definition) is 1. The van der Waals surface area contributed by atoms with Gasteiger partial charge in [0.2, 0.25) is 0 Å². The zero-order valence-corrected chi connectivity index (χ0v) is 12.2. The zero-order chi connectivity index (χ0) is 13.9. The van der Waals surface area contributed by atoms with Gasteiger partial charge < -0.3 is 5.32 Å². The van der Waals surface area contributed by atoms with Crippen LogP contribution in [0.2, 0.25) is 0 Å². The van der Waals surface area contributed by atoms with E-state index in [2.05, 4.69) is 20.5 Å². The van der Waals surface area contributed by atoms with Gasteiger partial charge in [-0.1, -0.05) is 5.21 Å². The van der Waals surface area contributed by atoms with Crippen LogP contribution in [0.25, 0.3) is 0 Å². The van der Waals surface area contributed by atoms with Crippen molar-refractivity contribution in [3.8, 4) is 0 Å². The van der Waals surface area contributed by atoms with Crippen molar-refractivity contribution < 1.29 is 8.42 Å². The molecule has 0 aliphatic carbocycles. The van der Waals surface area contributed by atoms with Gasteiger partial charge in [0.05, 0.1) is 23.7 Å². The Balaban J connectivity index is 1.85. The largest absolute Gasteiger partial charge is 0.314 e. The van der Waals surface area contributed by atoms with Crippen LogP contribution in [0.5, 0.6) is 0 Å². The molecule has 0 bridgehead atoms. The number of hydrogen-bond acceptors (Lipinski definition) is 6. The van der Waals surface area contributed by atoms with E-state index in [0.717, 1.165) is 18.8 Å². The minimum absolute atomic E-state index is 0.0825. The van der Waals surface area contributed by atoms with Gasteiger partial charge in [0.15, 0.2) is 9.84 Å². The summed E-state index contributed by atoms with van der Waals surface area (Å²) in [5.74, 6) is 0.523. The SMILES string of the molecule is CNCc1cn(CCN2CCS(=O)(=O)CC2C)nn1. The topological polar surface area (TPSA) is 80.1 Å². The Labute approximate surface area is 113 Å². The molecule has 1 aromatic heterocycles. The molecule has 1 atom stereocenters. The third kappa shape index (κ3) is 3.99. The maximum atomic E-state index is 11.5. The van der Waals surface area contributed by atoms with Gasteiger partial charge in [-0.2, -0.15) is 0 Å². The van der Waals surface area contributed by atoms with E-state index in [4.69, 9.17) is 0 Å². The van der Waals surface area contributed by atoms with Crippen molar-refractivity contribution >= 4 is 9.84 Å².